The van der Waals surface area contributed by atoms with Gasteiger partial charge in [0.25, 0.3) is 0 Å². The summed E-state index contributed by atoms with van der Waals surface area (Å²) in [6.45, 7) is 6.96. The number of aromatic nitrogens is 2. The molecule has 0 saturated carbocycles. The van der Waals surface area contributed by atoms with Crippen molar-refractivity contribution < 1.29 is 5.11 Å². The molecule has 4 heteroatoms. The van der Waals surface area contributed by atoms with E-state index in [1.165, 1.54) is 12.0 Å². The number of likely N-dealkylation sites (tertiary alicyclic amines) is 1. The summed E-state index contributed by atoms with van der Waals surface area (Å²) in [7, 11) is 0. The molecule has 0 aromatic carbocycles. The van der Waals surface area contributed by atoms with Crippen molar-refractivity contribution in [1.29, 1.82) is 0 Å². The van der Waals surface area contributed by atoms with Crippen molar-refractivity contribution in [2.24, 2.45) is 5.92 Å². The molecule has 1 N–H and O–H groups in total. The highest BCUT2D eigenvalue weighted by Crippen LogP contribution is 2.21. The zero-order chi connectivity index (χ0) is 14.1. The van der Waals surface area contributed by atoms with Gasteiger partial charge in [0.15, 0.2) is 0 Å². The Hall–Kier alpha value is -1.39. The number of pyridine rings is 1. The van der Waals surface area contributed by atoms with Gasteiger partial charge in [-0.1, -0.05) is 6.07 Å². The first kappa shape index (κ1) is 13.6. The molecular weight excluding hydrogens is 250 g/mol. The molecule has 0 radical (unpaired) electrons. The molecule has 4 nitrogen and oxygen atoms in total. The van der Waals surface area contributed by atoms with Crippen molar-refractivity contribution in [1.82, 2.24) is 14.3 Å². The van der Waals surface area contributed by atoms with Crippen LogP contribution in [-0.2, 0) is 6.54 Å². The zero-order valence-electron chi connectivity index (χ0n) is 12.3. The second-order valence-corrected chi connectivity index (χ2v) is 6.08. The number of rotatable bonds is 3. The first-order chi connectivity index (χ1) is 9.61. The Labute approximate surface area is 120 Å². The van der Waals surface area contributed by atoms with Crippen LogP contribution in [0.1, 0.15) is 31.0 Å². The van der Waals surface area contributed by atoms with Crippen LogP contribution in [0, 0.1) is 12.8 Å². The Kier molecular flexibility index (Phi) is 3.76. The lowest BCUT2D eigenvalue weighted by Crippen LogP contribution is -2.39. The Balaban J connectivity index is 1.72. The lowest BCUT2D eigenvalue weighted by molar-refractivity contribution is 0.0595. The van der Waals surface area contributed by atoms with E-state index in [0.717, 1.165) is 37.4 Å². The molecule has 3 heterocycles. The maximum atomic E-state index is 9.76. The molecule has 0 aliphatic carbocycles. The number of hydrogen-bond donors (Lipinski definition) is 1. The van der Waals surface area contributed by atoms with Gasteiger partial charge in [0.05, 0.1) is 11.8 Å². The van der Waals surface area contributed by atoms with E-state index in [2.05, 4.69) is 45.7 Å². The van der Waals surface area contributed by atoms with Gasteiger partial charge in [0.2, 0.25) is 0 Å². The summed E-state index contributed by atoms with van der Waals surface area (Å²) in [5.41, 5.74) is 3.37. The molecule has 0 amide bonds. The molecule has 2 aromatic heterocycles. The quantitative estimate of drug-likeness (QED) is 0.932. The average molecular weight is 273 g/mol. The van der Waals surface area contributed by atoms with Gasteiger partial charge in [0.1, 0.15) is 5.65 Å². The van der Waals surface area contributed by atoms with Crippen LogP contribution in [-0.4, -0.2) is 38.6 Å². The Bertz CT molecular complexity index is 590. The number of aliphatic hydroxyl groups is 1. The molecule has 0 bridgehead atoms. The largest absolute Gasteiger partial charge is 0.393 e. The van der Waals surface area contributed by atoms with Crippen LogP contribution in [0.15, 0.2) is 24.5 Å². The molecule has 1 saturated heterocycles. The molecule has 108 valence electrons. The number of imidazole rings is 1. The highest BCUT2D eigenvalue weighted by Gasteiger charge is 2.23. The second kappa shape index (κ2) is 5.54. The van der Waals surface area contributed by atoms with Gasteiger partial charge in [-0.05, 0) is 50.8 Å². The average Bonchev–Trinajstić information content (AvgIpc) is 2.80. The fourth-order valence-electron chi connectivity index (χ4n) is 3.09. The van der Waals surface area contributed by atoms with E-state index >= 15 is 0 Å². The number of aliphatic hydroxyl groups excluding tert-OH is 1. The van der Waals surface area contributed by atoms with Crippen LogP contribution in [0.5, 0.6) is 0 Å². The Morgan fingerprint density at radius 3 is 3.05 bits per heavy atom. The van der Waals surface area contributed by atoms with Crippen LogP contribution in [0.2, 0.25) is 0 Å². The first-order valence-electron chi connectivity index (χ1n) is 7.46. The summed E-state index contributed by atoms with van der Waals surface area (Å²) in [6, 6.07) is 4.16. The van der Waals surface area contributed by atoms with Crippen LogP contribution < -0.4 is 0 Å². The van der Waals surface area contributed by atoms with Gasteiger partial charge in [-0.25, -0.2) is 4.98 Å². The molecule has 2 atom stereocenters. The van der Waals surface area contributed by atoms with Crippen molar-refractivity contribution in [3.05, 3.63) is 35.8 Å². The van der Waals surface area contributed by atoms with Crippen LogP contribution in [0.4, 0.5) is 0 Å². The molecule has 1 fully saturated rings. The minimum Gasteiger partial charge on any atom is -0.393 e. The number of hydrogen-bond acceptors (Lipinski definition) is 3. The van der Waals surface area contributed by atoms with Gasteiger partial charge in [0, 0.05) is 25.5 Å². The molecule has 1 aliphatic heterocycles. The zero-order valence-corrected chi connectivity index (χ0v) is 12.3. The minimum atomic E-state index is -0.207. The highest BCUT2D eigenvalue weighted by molar-refractivity contribution is 5.41. The van der Waals surface area contributed by atoms with E-state index in [9.17, 15) is 5.11 Å². The SMILES string of the molecule is Cc1ccc2nc(CN3CCCC(C(C)O)C3)cn2c1. The molecule has 1 aliphatic rings. The third-order valence-electron chi connectivity index (χ3n) is 4.26. The van der Waals surface area contributed by atoms with Crippen molar-refractivity contribution >= 4 is 5.65 Å². The predicted molar refractivity (Wildman–Crippen MR) is 79.6 cm³/mol. The number of piperidine rings is 1. The second-order valence-electron chi connectivity index (χ2n) is 6.08. The van der Waals surface area contributed by atoms with Crippen molar-refractivity contribution in [2.45, 2.75) is 39.3 Å². The van der Waals surface area contributed by atoms with Crippen molar-refractivity contribution in [3.63, 3.8) is 0 Å². The smallest absolute Gasteiger partial charge is 0.137 e. The summed E-state index contributed by atoms with van der Waals surface area (Å²) in [4.78, 5) is 7.09. The molecular formula is C16H23N3O. The maximum Gasteiger partial charge on any atom is 0.137 e. The van der Waals surface area contributed by atoms with E-state index in [0.29, 0.717) is 5.92 Å². The third-order valence-corrected chi connectivity index (χ3v) is 4.26. The van der Waals surface area contributed by atoms with Crippen LogP contribution in [0.3, 0.4) is 0 Å². The molecule has 2 aromatic rings. The molecule has 2 unspecified atom stereocenters. The molecule has 3 rings (SSSR count). The predicted octanol–water partition coefficient (Wildman–Crippen LogP) is 2.24. The van der Waals surface area contributed by atoms with E-state index in [1.54, 1.807) is 0 Å². The van der Waals surface area contributed by atoms with E-state index in [4.69, 9.17) is 0 Å². The number of nitrogens with zero attached hydrogens (tertiary/aromatic N) is 3. The minimum absolute atomic E-state index is 0.207. The summed E-state index contributed by atoms with van der Waals surface area (Å²) in [6.07, 6.45) is 6.33. The van der Waals surface area contributed by atoms with Gasteiger partial charge in [-0.2, -0.15) is 0 Å². The summed E-state index contributed by atoms with van der Waals surface area (Å²) < 4.78 is 2.10. The van der Waals surface area contributed by atoms with Crippen molar-refractivity contribution in [2.75, 3.05) is 13.1 Å². The summed E-state index contributed by atoms with van der Waals surface area (Å²) >= 11 is 0. The summed E-state index contributed by atoms with van der Waals surface area (Å²) in [5, 5.41) is 9.76. The number of fused-ring (bicyclic) bond motifs is 1. The third kappa shape index (κ3) is 2.86. The van der Waals surface area contributed by atoms with Crippen LogP contribution >= 0.6 is 0 Å². The standard InChI is InChI=1S/C16H23N3O/c1-12-5-6-16-17-15(11-19(16)8-12)10-18-7-3-4-14(9-18)13(2)20/h5-6,8,11,13-14,20H,3-4,7,9-10H2,1-2H3. The van der Waals surface area contributed by atoms with E-state index in [-0.39, 0.29) is 6.10 Å². The highest BCUT2D eigenvalue weighted by atomic mass is 16.3. The molecule has 0 spiro atoms. The lowest BCUT2D eigenvalue weighted by atomic mass is 9.93. The monoisotopic (exact) mass is 273 g/mol. The van der Waals surface area contributed by atoms with Gasteiger partial charge in [-0.15, -0.1) is 0 Å². The topological polar surface area (TPSA) is 40.8 Å². The first-order valence-corrected chi connectivity index (χ1v) is 7.46. The number of aryl methyl sites for hydroxylation is 1. The lowest BCUT2D eigenvalue weighted by Gasteiger charge is -2.33. The fraction of sp³-hybridized carbons (Fsp3) is 0.562. The Morgan fingerprint density at radius 1 is 1.40 bits per heavy atom. The van der Waals surface area contributed by atoms with Gasteiger partial charge < -0.3 is 9.51 Å². The normalized spacial score (nSPS) is 22.2. The van der Waals surface area contributed by atoms with Crippen LogP contribution in [0.25, 0.3) is 5.65 Å². The maximum absolute atomic E-state index is 9.76. The summed E-state index contributed by atoms with van der Waals surface area (Å²) in [5.74, 6) is 0.406. The van der Waals surface area contributed by atoms with E-state index in [1.807, 2.05) is 6.92 Å². The van der Waals surface area contributed by atoms with E-state index < -0.39 is 0 Å². The fourth-order valence-corrected chi connectivity index (χ4v) is 3.09. The Morgan fingerprint density at radius 2 is 2.25 bits per heavy atom. The van der Waals surface area contributed by atoms with Gasteiger partial charge >= 0.3 is 0 Å². The molecule has 20 heavy (non-hydrogen) atoms. The van der Waals surface area contributed by atoms with Crippen molar-refractivity contribution in [3.8, 4) is 0 Å². The van der Waals surface area contributed by atoms with Gasteiger partial charge in [-0.3, -0.25) is 4.90 Å².